The van der Waals surface area contributed by atoms with Gasteiger partial charge in [0.1, 0.15) is 0 Å². The molecule has 158 valence electrons. The van der Waals surface area contributed by atoms with Crippen LogP contribution < -0.4 is 11.1 Å². The number of nitrogens with zero attached hydrogens (tertiary/aromatic N) is 3. The van der Waals surface area contributed by atoms with Gasteiger partial charge in [-0.3, -0.25) is 9.59 Å². The van der Waals surface area contributed by atoms with Crippen LogP contribution in [0.1, 0.15) is 31.5 Å². The third kappa shape index (κ3) is 4.13. The van der Waals surface area contributed by atoms with Crippen LogP contribution >= 0.6 is 0 Å². The van der Waals surface area contributed by atoms with Gasteiger partial charge in [-0.25, -0.2) is 9.97 Å². The third-order valence-corrected chi connectivity index (χ3v) is 4.90. The summed E-state index contributed by atoms with van der Waals surface area (Å²) in [6, 6.07) is 15.9. The number of hydrogen-bond acceptors (Lipinski definition) is 6. The fraction of sp³-hybridized carbons (Fsp3) is 0.182. The summed E-state index contributed by atoms with van der Waals surface area (Å²) in [5, 5.41) is 12.4. The first-order valence-electron chi connectivity index (χ1n) is 9.58. The maximum Gasteiger partial charge on any atom is 0.278 e. The lowest BCUT2D eigenvalue weighted by atomic mass is 10.1. The van der Waals surface area contributed by atoms with Crippen LogP contribution in [0.2, 0.25) is 0 Å². The Balaban J connectivity index is 0.00000181. The number of amides is 2. The molecule has 8 nitrogen and oxygen atoms in total. The number of aromatic nitrogens is 2. The third-order valence-electron chi connectivity index (χ3n) is 4.90. The number of β-amino-alcohol motifs (C(OH)–C–C–N with tert-alkyl or cyclic N) is 1. The zero-order valence-electron chi connectivity index (χ0n) is 16.2. The first-order chi connectivity index (χ1) is 14.5. The Morgan fingerprint density at radius 1 is 1.17 bits per heavy atom. The summed E-state index contributed by atoms with van der Waals surface area (Å²) in [4.78, 5) is 35.4. The lowest BCUT2D eigenvalue weighted by Gasteiger charge is -2.16. The van der Waals surface area contributed by atoms with E-state index in [4.69, 9.17) is 5.73 Å². The number of carbonyl (C=O) groups excluding carboxylic acids is 2. The molecule has 3 aromatic rings. The summed E-state index contributed by atoms with van der Waals surface area (Å²) in [5.41, 5.74) is 8.06. The van der Waals surface area contributed by atoms with E-state index in [1.165, 1.54) is 6.20 Å². The fourth-order valence-electron chi connectivity index (χ4n) is 3.34. The van der Waals surface area contributed by atoms with Gasteiger partial charge in [0.2, 0.25) is 0 Å². The standard InChI is InChI=1S/C22H21N5O3.3H2/c23-20-19(21(29)25-16-7-2-1-3-8-16)26-18(12-24-20)14-5-4-6-15(11-14)22(30)27-10-9-17(28)13-27;;;/h1-8,11-12,17,28H,9-10,13H2,(H2,23,24)(H,25,29);3*1H. The quantitative estimate of drug-likeness (QED) is 0.609. The van der Waals surface area contributed by atoms with Crippen LogP contribution in [0.15, 0.2) is 60.8 Å². The van der Waals surface area contributed by atoms with Gasteiger partial charge in [-0.2, -0.15) is 0 Å². The summed E-state index contributed by atoms with van der Waals surface area (Å²) in [7, 11) is 0. The molecule has 0 bridgehead atoms. The van der Waals surface area contributed by atoms with E-state index in [9.17, 15) is 14.7 Å². The van der Waals surface area contributed by atoms with E-state index < -0.39 is 12.0 Å². The summed E-state index contributed by atoms with van der Waals surface area (Å²) < 4.78 is 0. The molecule has 4 rings (SSSR count). The monoisotopic (exact) mass is 409 g/mol. The highest BCUT2D eigenvalue weighted by molar-refractivity contribution is 6.06. The molecular formula is C22H27N5O3. The van der Waals surface area contributed by atoms with Crippen molar-refractivity contribution in [3.05, 3.63) is 72.1 Å². The van der Waals surface area contributed by atoms with Crippen molar-refractivity contribution in [1.29, 1.82) is 0 Å². The van der Waals surface area contributed by atoms with Crippen molar-refractivity contribution in [3.63, 3.8) is 0 Å². The number of nitrogen functional groups attached to an aromatic ring is 1. The molecule has 0 saturated carbocycles. The predicted molar refractivity (Wildman–Crippen MR) is 119 cm³/mol. The lowest BCUT2D eigenvalue weighted by molar-refractivity contribution is 0.0765. The molecule has 1 fully saturated rings. The molecule has 0 spiro atoms. The molecule has 2 heterocycles. The second-order valence-electron chi connectivity index (χ2n) is 7.08. The van der Waals surface area contributed by atoms with Crippen LogP contribution in [0, 0.1) is 0 Å². The molecule has 4 N–H and O–H groups in total. The van der Waals surface area contributed by atoms with Crippen LogP contribution in [0.4, 0.5) is 11.5 Å². The number of aliphatic hydroxyl groups excluding tert-OH is 1. The van der Waals surface area contributed by atoms with Crippen LogP contribution in [0.25, 0.3) is 11.3 Å². The Bertz CT molecular complexity index is 1100. The number of likely N-dealkylation sites (tertiary alicyclic amines) is 1. The van der Waals surface area contributed by atoms with Crippen LogP contribution in [0.3, 0.4) is 0 Å². The molecule has 1 aliphatic heterocycles. The first kappa shape index (κ1) is 19.5. The molecule has 2 aromatic carbocycles. The number of hydrogen-bond donors (Lipinski definition) is 3. The van der Waals surface area contributed by atoms with Crippen molar-refractivity contribution in [2.24, 2.45) is 0 Å². The Morgan fingerprint density at radius 2 is 1.97 bits per heavy atom. The smallest absolute Gasteiger partial charge is 0.278 e. The lowest BCUT2D eigenvalue weighted by Crippen LogP contribution is -2.29. The van der Waals surface area contributed by atoms with Crippen molar-refractivity contribution in [2.45, 2.75) is 12.5 Å². The van der Waals surface area contributed by atoms with E-state index >= 15 is 0 Å². The number of para-hydroxylation sites is 1. The van der Waals surface area contributed by atoms with E-state index in [0.29, 0.717) is 42.0 Å². The van der Waals surface area contributed by atoms with Gasteiger partial charge in [-0.1, -0.05) is 30.3 Å². The van der Waals surface area contributed by atoms with Gasteiger partial charge in [-0.15, -0.1) is 0 Å². The molecular weight excluding hydrogens is 382 g/mol. The largest absolute Gasteiger partial charge is 0.391 e. The molecule has 1 unspecified atom stereocenters. The maximum absolute atomic E-state index is 12.7. The number of nitrogens with one attached hydrogen (secondary N) is 1. The van der Waals surface area contributed by atoms with E-state index in [1.807, 2.05) is 18.2 Å². The molecule has 30 heavy (non-hydrogen) atoms. The number of anilines is 2. The van der Waals surface area contributed by atoms with Gasteiger partial charge in [0.15, 0.2) is 11.5 Å². The summed E-state index contributed by atoms with van der Waals surface area (Å²) in [5.74, 6) is -0.601. The second-order valence-corrected chi connectivity index (χ2v) is 7.08. The Kier molecular flexibility index (Phi) is 5.40. The van der Waals surface area contributed by atoms with E-state index in [0.717, 1.165) is 0 Å². The van der Waals surface area contributed by atoms with Crippen molar-refractivity contribution < 1.29 is 19.0 Å². The average Bonchev–Trinajstić information content (AvgIpc) is 3.20. The predicted octanol–water partition coefficient (Wildman–Crippen LogP) is 2.92. The van der Waals surface area contributed by atoms with Crippen molar-refractivity contribution in [1.82, 2.24) is 14.9 Å². The van der Waals surface area contributed by atoms with Crippen LogP contribution in [-0.4, -0.2) is 51.0 Å². The minimum Gasteiger partial charge on any atom is -0.391 e. The summed E-state index contributed by atoms with van der Waals surface area (Å²) in [6.07, 6.45) is 1.57. The normalized spacial score (nSPS) is 15.8. The first-order valence-corrected chi connectivity index (χ1v) is 9.58. The zero-order valence-corrected chi connectivity index (χ0v) is 16.2. The number of nitrogens with two attached hydrogens (primary N) is 1. The van der Waals surface area contributed by atoms with Gasteiger partial charge in [-0.05, 0) is 30.7 Å². The van der Waals surface area contributed by atoms with E-state index in [1.54, 1.807) is 41.3 Å². The zero-order chi connectivity index (χ0) is 21.1. The van der Waals surface area contributed by atoms with E-state index in [2.05, 4.69) is 15.3 Å². The highest BCUT2D eigenvalue weighted by Gasteiger charge is 2.25. The minimum atomic E-state index is -0.481. The van der Waals surface area contributed by atoms with Crippen molar-refractivity contribution in [2.75, 3.05) is 24.1 Å². The Labute approximate surface area is 177 Å². The number of rotatable bonds is 4. The highest BCUT2D eigenvalue weighted by Crippen LogP contribution is 2.22. The van der Waals surface area contributed by atoms with Gasteiger partial charge in [0.25, 0.3) is 11.8 Å². The maximum atomic E-state index is 12.7. The highest BCUT2D eigenvalue weighted by atomic mass is 16.3. The molecule has 2 amide bonds. The Hall–Kier alpha value is -3.78. The molecule has 0 radical (unpaired) electrons. The number of benzene rings is 2. The molecule has 1 aromatic heterocycles. The van der Waals surface area contributed by atoms with E-state index in [-0.39, 0.29) is 21.7 Å². The van der Waals surface area contributed by atoms with Crippen molar-refractivity contribution >= 4 is 23.3 Å². The SMILES string of the molecule is Nc1ncc(-c2cccc(C(=O)N3CCC(O)C3)c2)nc1C(=O)Nc1ccccc1.[HH].[HH].[HH]. The topological polar surface area (TPSA) is 121 Å². The van der Waals surface area contributed by atoms with Crippen molar-refractivity contribution in [3.8, 4) is 11.3 Å². The summed E-state index contributed by atoms with van der Waals surface area (Å²) in [6.45, 7) is 0.851. The molecule has 0 aliphatic carbocycles. The molecule has 8 heteroatoms. The Morgan fingerprint density at radius 3 is 2.70 bits per heavy atom. The second kappa shape index (κ2) is 8.30. The molecule has 1 saturated heterocycles. The van der Waals surface area contributed by atoms with Gasteiger partial charge in [0, 0.05) is 34.2 Å². The van der Waals surface area contributed by atoms with Gasteiger partial charge < -0.3 is 21.1 Å². The van der Waals surface area contributed by atoms with Crippen LogP contribution in [0.5, 0.6) is 0 Å². The van der Waals surface area contributed by atoms with Gasteiger partial charge in [0.05, 0.1) is 18.0 Å². The molecule has 1 atom stereocenters. The van der Waals surface area contributed by atoms with Crippen LogP contribution in [-0.2, 0) is 0 Å². The number of carbonyl (C=O) groups is 2. The van der Waals surface area contributed by atoms with Gasteiger partial charge >= 0.3 is 0 Å². The number of aliphatic hydroxyl groups is 1. The summed E-state index contributed by atoms with van der Waals surface area (Å²) >= 11 is 0. The fourth-order valence-corrected chi connectivity index (χ4v) is 3.34. The average molecular weight is 409 g/mol. The minimum absolute atomic E-state index is 0. The molecule has 1 aliphatic rings.